The standard InChI is InChI=1S/C11H13NOS/c1-14-9-5-3-2-4-8(9)11(6-7-11)10(12)13/h2-5H,6-7H2,1H3,(H2,12,13). The Kier molecular flexibility index (Phi) is 2.27. The third-order valence-electron chi connectivity index (χ3n) is 2.84. The summed E-state index contributed by atoms with van der Waals surface area (Å²) in [4.78, 5) is 12.5. The Morgan fingerprint density at radius 2 is 2.07 bits per heavy atom. The minimum Gasteiger partial charge on any atom is -0.369 e. The molecule has 0 aliphatic heterocycles. The van der Waals surface area contributed by atoms with E-state index in [4.69, 9.17) is 5.73 Å². The van der Waals surface area contributed by atoms with Crippen molar-refractivity contribution in [3.05, 3.63) is 29.8 Å². The zero-order valence-electron chi connectivity index (χ0n) is 8.12. The number of thioether (sulfide) groups is 1. The molecule has 1 amide bonds. The topological polar surface area (TPSA) is 43.1 Å². The molecular formula is C11H13NOS. The van der Waals surface area contributed by atoms with Gasteiger partial charge in [-0.15, -0.1) is 11.8 Å². The third-order valence-corrected chi connectivity index (χ3v) is 3.64. The highest BCUT2D eigenvalue weighted by Crippen LogP contribution is 2.50. The summed E-state index contributed by atoms with van der Waals surface area (Å²) in [5.74, 6) is -0.181. The Hall–Kier alpha value is -0.960. The van der Waals surface area contributed by atoms with Gasteiger partial charge in [0.1, 0.15) is 0 Å². The molecule has 0 saturated heterocycles. The first-order chi connectivity index (χ1) is 6.70. The van der Waals surface area contributed by atoms with Crippen LogP contribution >= 0.6 is 11.8 Å². The number of amides is 1. The van der Waals surface area contributed by atoms with E-state index >= 15 is 0 Å². The third kappa shape index (κ3) is 1.32. The first-order valence-corrected chi connectivity index (χ1v) is 5.86. The van der Waals surface area contributed by atoms with Gasteiger partial charge in [0.25, 0.3) is 0 Å². The van der Waals surface area contributed by atoms with E-state index in [2.05, 4.69) is 0 Å². The first kappa shape index (κ1) is 9.59. The van der Waals surface area contributed by atoms with Crippen molar-refractivity contribution in [3.8, 4) is 0 Å². The van der Waals surface area contributed by atoms with E-state index in [-0.39, 0.29) is 11.3 Å². The van der Waals surface area contributed by atoms with Crippen molar-refractivity contribution >= 4 is 17.7 Å². The van der Waals surface area contributed by atoms with Crippen molar-refractivity contribution in [2.75, 3.05) is 6.26 Å². The molecule has 74 valence electrons. The van der Waals surface area contributed by atoms with Gasteiger partial charge in [-0.3, -0.25) is 4.79 Å². The average molecular weight is 207 g/mol. The van der Waals surface area contributed by atoms with Crippen LogP contribution in [-0.2, 0) is 10.2 Å². The molecule has 1 aromatic rings. The Balaban J connectivity index is 2.46. The summed E-state index contributed by atoms with van der Waals surface area (Å²) in [6, 6.07) is 8.02. The number of carbonyl (C=O) groups excluding carboxylic acids is 1. The fraction of sp³-hybridized carbons (Fsp3) is 0.364. The lowest BCUT2D eigenvalue weighted by molar-refractivity contribution is -0.120. The highest BCUT2D eigenvalue weighted by molar-refractivity contribution is 7.98. The van der Waals surface area contributed by atoms with Gasteiger partial charge >= 0.3 is 0 Å². The van der Waals surface area contributed by atoms with E-state index in [1.54, 1.807) is 11.8 Å². The molecule has 0 spiro atoms. The van der Waals surface area contributed by atoms with E-state index in [1.807, 2.05) is 30.5 Å². The lowest BCUT2D eigenvalue weighted by atomic mass is 9.95. The van der Waals surface area contributed by atoms with Crippen LogP contribution in [0.3, 0.4) is 0 Å². The fourth-order valence-electron chi connectivity index (χ4n) is 1.81. The lowest BCUT2D eigenvalue weighted by Crippen LogP contribution is -2.28. The van der Waals surface area contributed by atoms with Crippen LogP contribution in [0.15, 0.2) is 29.2 Å². The molecule has 1 aromatic carbocycles. The van der Waals surface area contributed by atoms with E-state index in [1.165, 1.54) is 4.90 Å². The summed E-state index contributed by atoms with van der Waals surface area (Å²) >= 11 is 1.67. The van der Waals surface area contributed by atoms with Crippen LogP contribution in [0.1, 0.15) is 18.4 Å². The average Bonchev–Trinajstić information content (AvgIpc) is 2.98. The largest absolute Gasteiger partial charge is 0.369 e. The second-order valence-corrected chi connectivity index (χ2v) is 4.49. The van der Waals surface area contributed by atoms with Gasteiger partial charge in [-0.1, -0.05) is 18.2 Å². The van der Waals surface area contributed by atoms with E-state index in [0.29, 0.717) is 0 Å². The van der Waals surface area contributed by atoms with Gasteiger partial charge in [0.2, 0.25) is 5.91 Å². The first-order valence-electron chi connectivity index (χ1n) is 4.64. The molecule has 1 aliphatic rings. The summed E-state index contributed by atoms with van der Waals surface area (Å²) in [6.07, 6.45) is 3.83. The molecule has 2 N–H and O–H groups in total. The zero-order valence-corrected chi connectivity index (χ0v) is 8.93. The van der Waals surface area contributed by atoms with Crippen LogP contribution in [0.4, 0.5) is 0 Å². The Morgan fingerprint density at radius 3 is 2.57 bits per heavy atom. The Labute approximate surface area is 87.9 Å². The molecule has 0 heterocycles. The summed E-state index contributed by atoms with van der Waals surface area (Å²) < 4.78 is 0. The van der Waals surface area contributed by atoms with Crippen LogP contribution in [0.25, 0.3) is 0 Å². The van der Waals surface area contributed by atoms with Gasteiger partial charge in [0.15, 0.2) is 0 Å². The molecule has 0 unspecified atom stereocenters. The van der Waals surface area contributed by atoms with E-state index in [9.17, 15) is 4.79 Å². The van der Waals surface area contributed by atoms with Crippen molar-refractivity contribution in [2.24, 2.45) is 5.73 Å². The molecule has 3 heteroatoms. The number of nitrogens with two attached hydrogens (primary N) is 1. The van der Waals surface area contributed by atoms with Crippen LogP contribution < -0.4 is 5.73 Å². The summed E-state index contributed by atoms with van der Waals surface area (Å²) in [5, 5.41) is 0. The molecular weight excluding hydrogens is 194 g/mol. The van der Waals surface area contributed by atoms with Crippen molar-refractivity contribution in [2.45, 2.75) is 23.2 Å². The van der Waals surface area contributed by atoms with Crippen LogP contribution in [-0.4, -0.2) is 12.2 Å². The maximum absolute atomic E-state index is 11.4. The smallest absolute Gasteiger partial charge is 0.228 e. The van der Waals surface area contributed by atoms with Crippen molar-refractivity contribution in [1.29, 1.82) is 0 Å². The quantitative estimate of drug-likeness (QED) is 0.769. The zero-order chi connectivity index (χ0) is 10.2. The maximum atomic E-state index is 11.4. The molecule has 2 nitrogen and oxygen atoms in total. The highest BCUT2D eigenvalue weighted by Gasteiger charge is 2.50. The van der Waals surface area contributed by atoms with Gasteiger partial charge in [0, 0.05) is 4.90 Å². The number of rotatable bonds is 3. The number of benzene rings is 1. The van der Waals surface area contributed by atoms with Crippen molar-refractivity contribution in [1.82, 2.24) is 0 Å². The number of hydrogen-bond donors (Lipinski definition) is 1. The molecule has 0 aromatic heterocycles. The van der Waals surface area contributed by atoms with Crippen LogP contribution in [0.5, 0.6) is 0 Å². The summed E-state index contributed by atoms with van der Waals surface area (Å²) in [6.45, 7) is 0. The molecule has 0 radical (unpaired) electrons. The molecule has 1 aliphatic carbocycles. The Morgan fingerprint density at radius 1 is 1.43 bits per heavy atom. The van der Waals surface area contributed by atoms with Crippen LogP contribution in [0, 0.1) is 0 Å². The predicted molar refractivity (Wildman–Crippen MR) is 58.3 cm³/mol. The minimum atomic E-state index is -0.348. The second kappa shape index (κ2) is 3.31. The second-order valence-electron chi connectivity index (χ2n) is 3.65. The Bertz CT molecular complexity index is 371. The predicted octanol–water partition coefficient (Wildman–Crippen LogP) is 1.93. The SMILES string of the molecule is CSc1ccccc1C1(C(N)=O)CC1. The van der Waals surface area contributed by atoms with E-state index in [0.717, 1.165) is 18.4 Å². The highest BCUT2D eigenvalue weighted by atomic mass is 32.2. The molecule has 0 bridgehead atoms. The van der Waals surface area contributed by atoms with Crippen LogP contribution in [0.2, 0.25) is 0 Å². The van der Waals surface area contributed by atoms with Gasteiger partial charge in [0.05, 0.1) is 5.41 Å². The molecule has 2 rings (SSSR count). The molecule has 1 saturated carbocycles. The monoisotopic (exact) mass is 207 g/mol. The fourth-order valence-corrected chi connectivity index (χ4v) is 2.51. The number of carbonyl (C=O) groups is 1. The molecule has 0 atom stereocenters. The van der Waals surface area contributed by atoms with Crippen molar-refractivity contribution < 1.29 is 4.79 Å². The number of hydrogen-bond acceptors (Lipinski definition) is 2. The number of primary amides is 1. The molecule has 14 heavy (non-hydrogen) atoms. The normalized spacial score (nSPS) is 17.8. The lowest BCUT2D eigenvalue weighted by Gasteiger charge is -2.14. The summed E-state index contributed by atoms with van der Waals surface area (Å²) in [5.41, 5.74) is 6.20. The summed E-state index contributed by atoms with van der Waals surface area (Å²) in [7, 11) is 0. The van der Waals surface area contributed by atoms with Gasteiger partial charge < -0.3 is 5.73 Å². The maximum Gasteiger partial charge on any atom is 0.228 e. The van der Waals surface area contributed by atoms with Crippen molar-refractivity contribution in [3.63, 3.8) is 0 Å². The minimum absolute atomic E-state index is 0.181. The van der Waals surface area contributed by atoms with Gasteiger partial charge in [-0.25, -0.2) is 0 Å². The van der Waals surface area contributed by atoms with Gasteiger partial charge in [-0.05, 0) is 30.7 Å². The van der Waals surface area contributed by atoms with Gasteiger partial charge in [-0.2, -0.15) is 0 Å². The van der Waals surface area contributed by atoms with E-state index < -0.39 is 0 Å². The molecule has 1 fully saturated rings.